The third-order valence-electron chi connectivity index (χ3n) is 4.11. The molecule has 0 unspecified atom stereocenters. The number of alkyl halides is 3. The second kappa shape index (κ2) is 6.88. The van der Waals surface area contributed by atoms with E-state index in [2.05, 4.69) is 5.10 Å². The number of hydrogen-bond acceptors (Lipinski definition) is 5. The molecule has 1 N–H and O–H groups in total. The molecule has 0 spiro atoms. The van der Waals surface area contributed by atoms with Crippen molar-refractivity contribution in [2.24, 2.45) is 5.10 Å². The van der Waals surface area contributed by atoms with E-state index in [0.29, 0.717) is 5.02 Å². The summed E-state index contributed by atoms with van der Waals surface area (Å²) in [6.07, 6.45) is -6.22. The number of carbonyl (C=O) groups is 1. The number of amides is 1. The second-order valence-electron chi connectivity index (χ2n) is 5.97. The smallest absolute Gasteiger partial charge is 0.362 e. The number of rotatable bonds is 3. The minimum Gasteiger partial charge on any atom is -0.362 e. The average molecular weight is 414 g/mol. The molecule has 2 aromatic rings. The molecule has 28 heavy (non-hydrogen) atoms. The van der Waals surface area contributed by atoms with Crippen molar-refractivity contribution in [3.8, 4) is 0 Å². The monoisotopic (exact) mass is 413 g/mol. The third kappa shape index (κ3) is 3.43. The lowest BCUT2D eigenvalue weighted by Gasteiger charge is -2.32. The van der Waals surface area contributed by atoms with Gasteiger partial charge in [-0.25, -0.2) is 0 Å². The highest BCUT2D eigenvalue weighted by Crippen LogP contribution is 2.42. The highest BCUT2D eigenvalue weighted by Gasteiger charge is 2.63. The Bertz CT molecular complexity index is 978. The van der Waals surface area contributed by atoms with E-state index in [9.17, 15) is 33.2 Å². The molecular formula is C17H11ClF3N3O4. The van der Waals surface area contributed by atoms with Crippen LogP contribution in [0, 0.1) is 10.1 Å². The van der Waals surface area contributed by atoms with Crippen LogP contribution in [0.15, 0.2) is 53.6 Å². The van der Waals surface area contributed by atoms with E-state index in [-0.39, 0.29) is 16.3 Å². The summed E-state index contributed by atoms with van der Waals surface area (Å²) >= 11 is 5.76. The number of benzene rings is 2. The Labute approximate surface area is 160 Å². The summed E-state index contributed by atoms with van der Waals surface area (Å²) in [6, 6.07) is 9.81. The molecule has 2 aromatic carbocycles. The molecule has 0 bridgehead atoms. The van der Waals surface area contributed by atoms with Gasteiger partial charge in [-0.15, -0.1) is 0 Å². The van der Waals surface area contributed by atoms with Gasteiger partial charge in [-0.2, -0.15) is 23.3 Å². The summed E-state index contributed by atoms with van der Waals surface area (Å²) in [6.45, 7) is 0. The Morgan fingerprint density at radius 3 is 2.46 bits per heavy atom. The molecule has 146 valence electrons. The average Bonchev–Trinajstić information content (AvgIpc) is 3.00. The normalized spacial score (nSPS) is 19.5. The largest absolute Gasteiger partial charge is 0.438 e. The Kier molecular flexibility index (Phi) is 4.86. The first-order chi connectivity index (χ1) is 13.0. The Morgan fingerprint density at radius 1 is 1.25 bits per heavy atom. The Hall–Kier alpha value is -2.98. The van der Waals surface area contributed by atoms with Crippen LogP contribution < -0.4 is 0 Å². The van der Waals surface area contributed by atoms with Crippen LogP contribution in [0.3, 0.4) is 0 Å². The number of carbonyl (C=O) groups excluding carboxylic acids is 1. The standard InChI is InChI=1S/C17H11ClF3N3O4/c18-12-6-4-10(5-7-12)14-9-16(26,17(19,20)21)23(22-14)15(25)11-2-1-3-13(8-11)24(27)28/h1-8,26H,9H2/t16-/m0/s1. The first-order valence-electron chi connectivity index (χ1n) is 7.74. The van der Waals surface area contributed by atoms with Crippen LogP contribution in [-0.2, 0) is 0 Å². The van der Waals surface area contributed by atoms with Gasteiger partial charge in [0, 0.05) is 22.7 Å². The lowest BCUT2D eigenvalue weighted by Crippen LogP contribution is -2.56. The number of aliphatic hydroxyl groups is 1. The zero-order valence-corrected chi connectivity index (χ0v) is 14.6. The van der Waals surface area contributed by atoms with E-state index in [4.69, 9.17) is 11.6 Å². The van der Waals surface area contributed by atoms with Crippen molar-refractivity contribution in [1.82, 2.24) is 5.01 Å². The zero-order chi connectivity index (χ0) is 20.7. The van der Waals surface area contributed by atoms with Gasteiger partial charge in [0.1, 0.15) is 0 Å². The quantitative estimate of drug-likeness (QED) is 0.612. The van der Waals surface area contributed by atoms with Crippen LogP contribution in [0.2, 0.25) is 5.02 Å². The summed E-state index contributed by atoms with van der Waals surface area (Å²) in [5, 5.41) is 25.1. The number of hydrazone groups is 1. The van der Waals surface area contributed by atoms with Gasteiger partial charge in [0.2, 0.25) is 0 Å². The fourth-order valence-corrected chi connectivity index (χ4v) is 2.78. The SMILES string of the molecule is O=C(c1cccc([N+](=O)[O-])c1)N1N=C(c2ccc(Cl)cc2)C[C@]1(O)C(F)(F)F. The summed E-state index contributed by atoms with van der Waals surface area (Å²) in [4.78, 5) is 22.7. The molecule has 3 rings (SSSR count). The van der Waals surface area contributed by atoms with Crippen LogP contribution in [-0.4, -0.2) is 38.6 Å². The van der Waals surface area contributed by atoms with E-state index >= 15 is 0 Å². The number of non-ortho nitro benzene ring substituents is 1. The molecule has 1 aliphatic heterocycles. The molecule has 1 aliphatic rings. The second-order valence-corrected chi connectivity index (χ2v) is 6.41. The van der Waals surface area contributed by atoms with Crippen molar-refractivity contribution < 1.29 is 28.0 Å². The maximum Gasteiger partial charge on any atom is 0.438 e. The van der Waals surface area contributed by atoms with Gasteiger partial charge in [0.15, 0.2) is 0 Å². The van der Waals surface area contributed by atoms with E-state index < -0.39 is 40.4 Å². The van der Waals surface area contributed by atoms with Gasteiger partial charge in [-0.1, -0.05) is 29.8 Å². The van der Waals surface area contributed by atoms with E-state index in [1.807, 2.05) is 0 Å². The minimum absolute atomic E-state index is 0.0873. The van der Waals surface area contributed by atoms with Gasteiger partial charge in [-0.3, -0.25) is 14.9 Å². The minimum atomic E-state index is -5.22. The van der Waals surface area contributed by atoms with Crippen molar-refractivity contribution in [1.29, 1.82) is 0 Å². The van der Waals surface area contributed by atoms with Crippen molar-refractivity contribution in [2.75, 3.05) is 0 Å². The first-order valence-corrected chi connectivity index (χ1v) is 8.12. The van der Waals surface area contributed by atoms with Gasteiger partial charge >= 0.3 is 6.18 Å². The molecule has 0 saturated carbocycles. The molecule has 1 amide bonds. The van der Waals surface area contributed by atoms with Crippen molar-refractivity contribution >= 4 is 28.9 Å². The van der Waals surface area contributed by atoms with Crippen LogP contribution in [0.25, 0.3) is 0 Å². The zero-order valence-electron chi connectivity index (χ0n) is 13.9. The molecule has 7 nitrogen and oxygen atoms in total. The number of nitro groups is 1. The summed E-state index contributed by atoms with van der Waals surface area (Å²) < 4.78 is 40.8. The lowest BCUT2D eigenvalue weighted by molar-refractivity contribution is -0.384. The molecule has 1 heterocycles. The highest BCUT2D eigenvalue weighted by molar-refractivity contribution is 6.30. The van der Waals surface area contributed by atoms with Crippen LogP contribution >= 0.6 is 11.6 Å². The van der Waals surface area contributed by atoms with E-state index in [1.165, 1.54) is 24.3 Å². The van der Waals surface area contributed by atoms with E-state index in [1.54, 1.807) is 0 Å². The predicted octanol–water partition coefficient (Wildman–Crippen LogP) is 3.75. The van der Waals surface area contributed by atoms with Crippen LogP contribution in [0.4, 0.5) is 18.9 Å². The summed E-state index contributed by atoms with van der Waals surface area (Å²) in [5.41, 5.74) is -4.44. The number of halogens is 4. The molecular weight excluding hydrogens is 403 g/mol. The number of nitrogens with zero attached hydrogens (tertiary/aromatic N) is 3. The third-order valence-corrected chi connectivity index (χ3v) is 4.36. The number of nitro benzene ring substituents is 1. The molecule has 0 aromatic heterocycles. The van der Waals surface area contributed by atoms with Gasteiger partial charge < -0.3 is 5.11 Å². The first kappa shape index (κ1) is 19.8. The van der Waals surface area contributed by atoms with Gasteiger partial charge in [0.25, 0.3) is 17.3 Å². The summed E-state index contributed by atoms with van der Waals surface area (Å²) in [7, 11) is 0. The van der Waals surface area contributed by atoms with Crippen LogP contribution in [0.5, 0.6) is 0 Å². The van der Waals surface area contributed by atoms with Crippen molar-refractivity contribution in [3.05, 3.63) is 74.8 Å². The fourth-order valence-electron chi connectivity index (χ4n) is 2.66. The molecule has 0 aliphatic carbocycles. The lowest BCUT2D eigenvalue weighted by atomic mass is 10.0. The molecule has 11 heteroatoms. The number of hydrogen-bond donors (Lipinski definition) is 1. The van der Waals surface area contributed by atoms with Crippen LogP contribution in [0.1, 0.15) is 22.3 Å². The summed E-state index contributed by atoms with van der Waals surface area (Å²) in [5.74, 6) is -1.33. The molecule has 0 fully saturated rings. The Balaban J connectivity index is 2.05. The highest BCUT2D eigenvalue weighted by atomic mass is 35.5. The topological polar surface area (TPSA) is 96.0 Å². The van der Waals surface area contributed by atoms with E-state index in [0.717, 1.165) is 24.3 Å². The molecule has 0 saturated heterocycles. The predicted molar refractivity (Wildman–Crippen MR) is 92.9 cm³/mol. The van der Waals surface area contributed by atoms with Crippen molar-refractivity contribution in [3.63, 3.8) is 0 Å². The fraction of sp³-hybridized carbons (Fsp3) is 0.176. The molecule has 0 radical (unpaired) electrons. The van der Waals surface area contributed by atoms with Gasteiger partial charge in [-0.05, 0) is 23.8 Å². The van der Waals surface area contributed by atoms with Crippen molar-refractivity contribution in [2.45, 2.75) is 18.3 Å². The maximum atomic E-state index is 13.6. The Morgan fingerprint density at radius 2 is 1.89 bits per heavy atom. The molecule has 1 atom stereocenters. The van der Waals surface area contributed by atoms with Gasteiger partial charge in [0.05, 0.1) is 17.1 Å². The maximum absolute atomic E-state index is 13.6.